The molecule has 2 nitrogen and oxygen atoms in total. The molecule has 0 N–H and O–H groups in total. The van der Waals surface area contributed by atoms with Crippen LogP contribution in [0.2, 0.25) is 5.02 Å². The van der Waals surface area contributed by atoms with E-state index in [0.29, 0.717) is 22.1 Å². The van der Waals surface area contributed by atoms with Crippen LogP contribution >= 0.6 is 11.6 Å². The second-order valence-electron chi connectivity index (χ2n) is 2.34. The first-order valence-electron chi connectivity index (χ1n) is 3.37. The highest BCUT2D eigenvalue weighted by atomic mass is 35.5. The van der Waals surface area contributed by atoms with E-state index in [0.717, 1.165) is 0 Å². The lowest BCUT2D eigenvalue weighted by atomic mass is 10.2. The summed E-state index contributed by atoms with van der Waals surface area (Å²) in [7, 11) is 0. The molecule has 0 saturated carbocycles. The Labute approximate surface area is 75.0 Å². The molecule has 0 fully saturated rings. The second-order valence-corrected chi connectivity index (χ2v) is 2.74. The molecule has 0 unspecified atom stereocenters. The van der Waals surface area contributed by atoms with Gasteiger partial charge in [0.1, 0.15) is 0 Å². The van der Waals surface area contributed by atoms with Crippen molar-refractivity contribution in [2.45, 2.75) is 0 Å². The summed E-state index contributed by atoms with van der Waals surface area (Å²) >= 11 is 5.85. The van der Waals surface area contributed by atoms with Gasteiger partial charge >= 0.3 is 0 Å². The first kappa shape index (κ1) is 7.33. The summed E-state index contributed by atoms with van der Waals surface area (Å²) in [5, 5.41) is 0.498. The van der Waals surface area contributed by atoms with Crippen molar-refractivity contribution in [3.8, 4) is 23.8 Å². The van der Waals surface area contributed by atoms with Crippen LogP contribution < -0.4 is 9.47 Å². The predicted octanol–water partition coefficient (Wildman–Crippen LogP) is 2.05. The van der Waals surface area contributed by atoms with Gasteiger partial charge in [-0.2, -0.15) is 0 Å². The van der Waals surface area contributed by atoms with Crippen LogP contribution in [0.25, 0.3) is 0 Å². The lowest BCUT2D eigenvalue weighted by Gasteiger charge is -1.98. The van der Waals surface area contributed by atoms with Crippen LogP contribution in [0.3, 0.4) is 0 Å². The molecule has 1 heterocycles. The average molecular weight is 181 g/mol. The summed E-state index contributed by atoms with van der Waals surface area (Å²) in [6.07, 6.45) is 5.21. The van der Waals surface area contributed by atoms with Gasteiger partial charge in [-0.05, 0) is 12.1 Å². The molecule has 1 aliphatic heterocycles. The number of hydrogen-bond acceptors (Lipinski definition) is 2. The highest BCUT2D eigenvalue weighted by molar-refractivity contribution is 6.32. The molecule has 0 atom stereocenters. The zero-order valence-corrected chi connectivity index (χ0v) is 6.89. The van der Waals surface area contributed by atoms with E-state index in [1.165, 1.54) is 0 Å². The maximum Gasteiger partial charge on any atom is 0.231 e. The second kappa shape index (κ2) is 2.62. The monoisotopic (exact) mass is 180 g/mol. The van der Waals surface area contributed by atoms with E-state index >= 15 is 0 Å². The lowest BCUT2D eigenvalue weighted by Crippen LogP contribution is -1.93. The van der Waals surface area contributed by atoms with E-state index in [2.05, 4.69) is 5.92 Å². The molecule has 2 rings (SSSR count). The zero-order valence-electron chi connectivity index (χ0n) is 6.13. The Morgan fingerprint density at radius 3 is 3.00 bits per heavy atom. The molecule has 0 radical (unpaired) electrons. The third kappa shape index (κ3) is 0.992. The molecule has 1 aromatic carbocycles. The summed E-state index contributed by atoms with van der Waals surface area (Å²) in [5.41, 5.74) is 0.698. The molecule has 0 saturated heterocycles. The average Bonchev–Trinajstić information content (AvgIpc) is 2.52. The quantitative estimate of drug-likeness (QED) is 0.569. The summed E-state index contributed by atoms with van der Waals surface area (Å²) < 4.78 is 10.2. The van der Waals surface area contributed by atoms with Gasteiger partial charge in [0.15, 0.2) is 11.5 Å². The maximum absolute atomic E-state index is 5.85. The predicted molar refractivity (Wildman–Crippen MR) is 45.5 cm³/mol. The van der Waals surface area contributed by atoms with Crippen molar-refractivity contribution < 1.29 is 9.47 Å². The Morgan fingerprint density at radius 2 is 2.25 bits per heavy atom. The smallest absolute Gasteiger partial charge is 0.231 e. The van der Waals surface area contributed by atoms with Gasteiger partial charge in [0.2, 0.25) is 6.79 Å². The van der Waals surface area contributed by atoms with Gasteiger partial charge in [0.05, 0.1) is 5.02 Å². The summed E-state index contributed by atoms with van der Waals surface area (Å²) in [4.78, 5) is 0. The van der Waals surface area contributed by atoms with Crippen molar-refractivity contribution in [2.24, 2.45) is 0 Å². The summed E-state index contributed by atoms with van der Waals surface area (Å²) in [6.45, 7) is 0.211. The minimum atomic E-state index is 0.211. The number of terminal acetylenes is 1. The molecule has 0 aromatic heterocycles. The third-order valence-electron chi connectivity index (χ3n) is 1.59. The number of hydrogen-bond donors (Lipinski definition) is 0. The van der Waals surface area contributed by atoms with E-state index in [9.17, 15) is 0 Å². The Bertz CT molecular complexity index is 366. The highest BCUT2D eigenvalue weighted by Crippen LogP contribution is 2.39. The molecule has 0 bridgehead atoms. The SMILES string of the molecule is C#Cc1cc(Cl)c2c(c1)OCO2. The van der Waals surface area contributed by atoms with Crippen LogP contribution in [-0.4, -0.2) is 6.79 Å². The van der Waals surface area contributed by atoms with E-state index in [1.807, 2.05) is 0 Å². The first-order chi connectivity index (χ1) is 5.81. The minimum Gasteiger partial charge on any atom is -0.453 e. The van der Waals surface area contributed by atoms with Crippen LogP contribution in [0.4, 0.5) is 0 Å². The van der Waals surface area contributed by atoms with Crippen LogP contribution in [0.5, 0.6) is 11.5 Å². The van der Waals surface area contributed by atoms with Gasteiger partial charge < -0.3 is 9.47 Å². The Kier molecular flexibility index (Phi) is 1.60. The molecule has 0 spiro atoms. The van der Waals surface area contributed by atoms with Crippen molar-refractivity contribution in [3.05, 3.63) is 22.7 Å². The van der Waals surface area contributed by atoms with Crippen molar-refractivity contribution in [1.82, 2.24) is 0 Å². The minimum absolute atomic E-state index is 0.211. The largest absolute Gasteiger partial charge is 0.453 e. The molecular weight excluding hydrogens is 176 g/mol. The first-order valence-corrected chi connectivity index (χ1v) is 3.75. The summed E-state index contributed by atoms with van der Waals surface area (Å²) in [6, 6.07) is 3.41. The number of halogens is 1. The molecule has 3 heteroatoms. The number of fused-ring (bicyclic) bond motifs is 1. The van der Waals surface area contributed by atoms with Crippen LogP contribution in [0.1, 0.15) is 5.56 Å². The van der Waals surface area contributed by atoms with Crippen molar-refractivity contribution >= 4 is 11.6 Å². The molecule has 1 aromatic rings. The number of benzene rings is 1. The third-order valence-corrected chi connectivity index (χ3v) is 1.87. The normalized spacial score (nSPS) is 12.7. The Hall–Kier alpha value is -1.33. The fourth-order valence-electron chi connectivity index (χ4n) is 1.05. The molecule has 1 aliphatic rings. The standard InChI is InChI=1S/C9H5ClO2/c1-2-6-3-7(10)9-8(4-6)11-5-12-9/h1,3-4H,5H2. The fourth-order valence-corrected chi connectivity index (χ4v) is 1.32. The zero-order chi connectivity index (χ0) is 8.55. The van der Waals surface area contributed by atoms with Crippen LogP contribution in [-0.2, 0) is 0 Å². The van der Waals surface area contributed by atoms with Gasteiger partial charge in [-0.15, -0.1) is 6.42 Å². The van der Waals surface area contributed by atoms with Crippen molar-refractivity contribution in [2.75, 3.05) is 6.79 Å². The van der Waals surface area contributed by atoms with Gasteiger partial charge in [0, 0.05) is 5.56 Å². The Balaban J connectivity index is 2.60. The lowest BCUT2D eigenvalue weighted by molar-refractivity contribution is 0.174. The van der Waals surface area contributed by atoms with E-state index < -0.39 is 0 Å². The molecule has 0 amide bonds. The fraction of sp³-hybridized carbons (Fsp3) is 0.111. The Morgan fingerprint density at radius 1 is 1.42 bits per heavy atom. The van der Waals surface area contributed by atoms with Crippen molar-refractivity contribution in [1.29, 1.82) is 0 Å². The number of ether oxygens (including phenoxy) is 2. The van der Waals surface area contributed by atoms with Crippen LogP contribution in [0, 0.1) is 12.3 Å². The summed E-state index contributed by atoms with van der Waals surface area (Å²) in [5.74, 6) is 3.68. The maximum atomic E-state index is 5.85. The van der Waals surface area contributed by atoms with E-state index in [-0.39, 0.29) is 6.79 Å². The van der Waals surface area contributed by atoms with Crippen LogP contribution in [0.15, 0.2) is 12.1 Å². The van der Waals surface area contributed by atoms with Gasteiger partial charge in [-0.25, -0.2) is 0 Å². The van der Waals surface area contributed by atoms with Gasteiger partial charge in [0.25, 0.3) is 0 Å². The molecule has 12 heavy (non-hydrogen) atoms. The van der Waals surface area contributed by atoms with E-state index in [4.69, 9.17) is 27.5 Å². The molecular formula is C9H5ClO2. The topological polar surface area (TPSA) is 18.5 Å². The van der Waals surface area contributed by atoms with E-state index in [1.54, 1.807) is 12.1 Å². The molecule has 0 aliphatic carbocycles. The van der Waals surface area contributed by atoms with Crippen molar-refractivity contribution in [3.63, 3.8) is 0 Å². The van der Waals surface area contributed by atoms with Gasteiger partial charge in [-0.3, -0.25) is 0 Å². The highest BCUT2D eigenvalue weighted by Gasteiger charge is 2.17. The molecule has 60 valence electrons. The van der Waals surface area contributed by atoms with Gasteiger partial charge in [-0.1, -0.05) is 17.5 Å². The number of rotatable bonds is 0.